The first-order valence-electron chi connectivity index (χ1n) is 6.98. The molecule has 2 rings (SSSR count). The van der Waals surface area contributed by atoms with Crippen molar-refractivity contribution in [1.82, 2.24) is 5.32 Å². The molecule has 1 nitrogen and oxygen atoms in total. The van der Waals surface area contributed by atoms with Crippen LogP contribution in [0.1, 0.15) is 30.0 Å². The van der Waals surface area contributed by atoms with E-state index >= 15 is 0 Å². The van der Waals surface area contributed by atoms with Crippen LogP contribution in [-0.2, 0) is 6.42 Å². The second-order valence-electron chi connectivity index (χ2n) is 4.97. The summed E-state index contributed by atoms with van der Waals surface area (Å²) >= 11 is 3.10. The van der Waals surface area contributed by atoms with Crippen LogP contribution in [0.4, 0.5) is 8.78 Å². The lowest BCUT2D eigenvalue weighted by atomic mass is 9.99. The molecule has 0 bridgehead atoms. The van der Waals surface area contributed by atoms with E-state index in [4.69, 9.17) is 0 Å². The van der Waals surface area contributed by atoms with E-state index in [9.17, 15) is 8.78 Å². The van der Waals surface area contributed by atoms with Crippen LogP contribution in [0.2, 0.25) is 0 Å². The van der Waals surface area contributed by atoms with Gasteiger partial charge in [-0.2, -0.15) is 0 Å². The minimum Gasteiger partial charge on any atom is -0.313 e. The van der Waals surface area contributed by atoms with Gasteiger partial charge in [0.25, 0.3) is 0 Å². The van der Waals surface area contributed by atoms with Crippen molar-refractivity contribution >= 4 is 15.9 Å². The summed E-state index contributed by atoms with van der Waals surface area (Å²) in [7, 11) is 1.90. The Morgan fingerprint density at radius 1 is 1.10 bits per heavy atom. The Kier molecular flexibility index (Phi) is 5.88. The molecule has 2 aromatic carbocycles. The first kappa shape index (κ1) is 16.1. The first-order chi connectivity index (χ1) is 10.1. The topological polar surface area (TPSA) is 12.0 Å². The van der Waals surface area contributed by atoms with Crippen molar-refractivity contribution in [1.29, 1.82) is 0 Å². The second-order valence-corrected chi connectivity index (χ2v) is 5.82. The molecule has 1 N–H and O–H groups in total. The van der Waals surface area contributed by atoms with Crippen molar-refractivity contribution in [3.63, 3.8) is 0 Å². The zero-order valence-electron chi connectivity index (χ0n) is 11.9. The standard InChI is InChI=1S/C17H18BrF2N/c1-21-16(12-6-3-2-4-7-12)9-5-8-13-15(19)11-10-14(18)17(13)20/h2-4,6-7,10-11,16,21H,5,8-9H2,1H3. The normalized spacial score (nSPS) is 12.4. The lowest BCUT2D eigenvalue weighted by Gasteiger charge is -2.16. The Labute approximate surface area is 132 Å². The van der Waals surface area contributed by atoms with Crippen LogP contribution < -0.4 is 5.32 Å². The predicted molar refractivity (Wildman–Crippen MR) is 85.2 cm³/mol. The van der Waals surface area contributed by atoms with Crippen LogP contribution in [0.15, 0.2) is 46.9 Å². The Hall–Kier alpha value is -1.26. The van der Waals surface area contributed by atoms with Gasteiger partial charge in [0.05, 0.1) is 4.47 Å². The van der Waals surface area contributed by atoms with Crippen molar-refractivity contribution in [2.24, 2.45) is 0 Å². The summed E-state index contributed by atoms with van der Waals surface area (Å²) in [6, 6.07) is 13.0. The van der Waals surface area contributed by atoms with Gasteiger partial charge in [-0.05, 0) is 59.9 Å². The van der Waals surface area contributed by atoms with Crippen molar-refractivity contribution in [3.05, 3.63) is 69.7 Å². The molecular formula is C17H18BrF2N. The fraction of sp³-hybridized carbons (Fsp3) is 0.294. The maximum absolute atomic E-state index is 13.9. The van der Waals surface area contributed by atoms with Crippen LogP contribution in [-0.4, -0.2) is 7.05 Å². The monoisotopic (exact) mass is 353 g/mol. The van der Waals surface area contributed by atoms with E-state index in [-0.39, 0.29) is 11.6 Å². The highest BCUT2D eigenvalue weighted by Crippen LogP contribution is 2.25. The van der Waals surface area contributed by atoms with Gasteiger partial charge in [0, 0.05) is 11.6 Å². The highest BCUT2D eigenvalue weighted by Gasteiger charge is 2.14. The lowest BCUT2D eigenvalue weighted by Crippen LogP contribution is -2.16. The van der Waals surface area contributed by atoms with Gasteiger partial charge in [-0.1, -0.05) is 30.3 Å². The minimum absolute atomic E-state index is 0.160. The summed E-state index contributed by atoms with van der Waals surface area (Å²) in [5, 5.41) is 3.25. The number of halogens is 3. The zero-order valence-corrected chi connectivity index (χ0v) is 13.5. The van der Waals surface area contributed by atoms with Gasteiger partial charge in [-0.3, -0.25) is 0 Å². The third kappa shape index (κ3) is 4.11. The number of benzene rings is 2. The molecule has 21 heavy (non-hydrogen) atoms. The summed E-state index contributed by atoms with van der Waals surface area (Å²) in [5.41, 5.74) is 1.35. The highest BCUT2D eigenvalue weighted by molar-refractivity contribution is 9.10. The molecule has 1 unspecified atom stereocenters. The largest absolute Gasteiger partial charge is 0.313 e. The Balaban J connectivity index is 1.99. The molecule has 0 spiro atoms. The van der Waals surface area contributed by atoms with Gasteiger partial charge in [0.1, 0.15) is 11.6 Å². The Morgan fingerprint density at radius 2 is 1.81 bits per heavy atom. The average molecular weight is 354 g/mol. The van der Waals surface area contributed by atoms with E-state index in [0.29, 0.717) is 17.3 Å². The molecule has 0 aliphatic carbocycles. The molecule has 112 valence electrons. The van der Waals surface area contributed by atoms with E-state index in [1.54, 1.807) is 0 Å². The molecule has 0 aliphatic heterocycles. The Bertz CT molecular complexity index is 587. The molecule has 0 fully saturated rings. The maximum Gasteiger partial charge on any atom is 0.143 e. The molecule has 0 saturated carbocycles. The molecule has 0 saturated heterocycles. The highest BCUT2D eigenvalue weighted by atomic mass is 79.9. The van der Waals surface area contributed by atoms with E-state index < -0.39 is 11.6 Å². The number of hydrogen-bond donors (Lipinski definition) is 1. The number of hydrogen-bond acceptors (Lipinski definition) is 1. The third-order valence-corrected chi connectivity index (χ3v) is 4.22. The minimum atomic E-state index is -0.490. The van der Waals surface area contributed by atoms with Crippen LogP contribution in [0.3, 0.4) is 0 Å². The second kappa shape index (κ2) is 7.66. The fourth-order valence-corrected chi connectivity index (χ4v) is 2.82. The number of nitrogens with one attached hydrogen (secondary N) is 1. The molecular weight excluding hydrogens is 336 g/mol. The molecule has 0 radical (unpaired) electrons. The quantitative estimate of drug-likeness (QED) is 0.719. The van der Waals surface area contributed by atoms with Crippen LogP contribution in [0, 0.1) is 11.6 Å². The molecule has 0 aliphatic rings. The summed E-state index contributed by atoms with van der Waals surface area (Å²) in [6.45, 7) is 0. The van der Waals surface area contributed by atoms with Gasteiger partial charge in [-0.25, -0.2) is 8.78 Å². The lowest BCUT2D eigenvalue weighted by molar-refractivity contribution is 0.504. The molecule has 0 aromatic heterocycles. The van der Waals surface area contributed by atoms with Gasteiger partial charge < -0.3 is 5.32 Å². The van der Waals surface area contributed by atoms with Crippen LogP contribution >= 0.6 is 15.9 Å². The predicted octanol–water partition coefficient (Wildman–Crippen LogP) is 5.01. The molecule has 4 heteroatoms. The van der Waals surface area contributed by atoms with Gasteiger partial charge in [0.2, 0.25) is 0 Å². The van der Waals surface area contributed by atoms with Crippen molar-refractivity contribution in [2.45, 2.75) is 25.3 Å². The summed E-state index contributed by atoms with van der Waals surface area (Å²) in [5.74, 6) is -0.966. The van der Waals surface area contributed by atoms with Crippen molar-refractivity contribution < 1.29 is 8.78 Å². The smallest absolute Gasteiger partial charge is 0.143 e. The third-order valence-electron chi connectivity index (χ3n) is 3.61. The van der Waals surface area contributed by atoms with Crippen molar-refractivity contribution in [3.8, 4) is 0 Å². The summed E-state index contributed by atoms with van der Waals surface area (Å²) in [6.07, 6.45) is 1.93. The first-order valence-corrected chi connectivity index (χ1v) is 7.77. The fourth-order valence-electron chi connectivity index (χ4n) is 2.44. The molecule has 2 aromatic rings. The zero-order chi connectivity index (χ0) is 15.2. The van der Waals surface area contributed by atoms with E-state index in [0.717, 1.165) is 6.42 Å². The van der Waals surface area contributed by atoms with Gasteiger partial charge >= 0.3 is 0 Å². The summed E-state index contributed by atoms with van der Waals surface area (Å²) < 4.78 is 27.9. The van der Waals surface area contributed by atoms with E-state index in [1.165, 1.54) is 17.7 Å². The average Bonchev–Trinajstić information content (AvgIpc) is 2.51. The summed E-state index contributed by atoms with van der Waals surface area (Å²) in [4.78, 5) is 0. The maximum atomic E-state index is 13.9. The van der Waals surface area contributed by atoms with Gasteiger partial charge in [0.15, 0.2) is 0 Å². The van der Waals surface area contributed by atoms with Crippen LogP contribution in [0.25, 0.3) is 0 Å². The molecule has 0 amide bonds. The molecule has 1 atom stereocenters. The SMILES string of the molecule is CNC(CCCc1c(F)ccc(Br)c1F)c1ccccc1. The van der Waals surface area contributed by atoms with Crippen LogP contribution in [0.5, 0.6) is 0 Å². The van der Waals surface area contributed by atoms with E-state index in [2.05, 4.69) is 33.4 Å². The van der Waals surface area contributed by atoms with Crippen molar-refractivity contribution in [2.75, 3.05) is 7.05 Å². The number of rotatable bonds is 6. The molecule has 0 heterocycles. The van der Waals surface area contributed by atoms with Gasteiger partial charge in [-0.15, -0.1) is 0 Å². The van der Waals surface area contributed by atoms with E-state index in [1.807, 2.05) is 25.2 Å². The Morgan fingerprint density at radius 3 is 2.48 bits per heavy atom.